The summed E-state index contributed by atoms with van der Waals surface area (Å²) in [5.74, 6) is -0.783. The number of hydrogen-bond acceptors (Lipinski definition) is 4. The highest BCUT2D eigenvalue weighted by Crippen LogP contribution is 2.17. The summed E-state index contributed by atoms with van der Waals surface area (Å²) in [7, 11) is 0. The molecule has 5 heteroatoms. The molecular weight excluding hydrogens is 234 g/mol. The van der Waals surface area contributed by atoms with Crippen molar-refractivity contribution in [2.75, 3.05) is 19.7 Å². The first kappa shape index (κ1) is 15.4. The predicted octanol–water partition coefficient (Wildman–Crippen LogP) is 1.10. The Morgan fingerprint density at radius 3 is 2.72 bits per heavy atom. The molecule has 0 saturated carbocycles. The van der Waals surface area contributed by atoms with Gasteiger partial charge in [-0.05, 0) is 33.2 Å². The van der Waals surface area contributed by atoms with E-state index in [1.165, 1.54) is 0 Å². The van der Waals surface area contributed by atoms with Crippen molar-refractivity contribution < 1.29 is 19.7 Å². The van der Waals surface area contributed by atoms with E-state index in [1.54, 1.807) is 0 Å². The highest BCUT2D eigenvalue weighted by atomic mass is 16.5. The van der Waals surface area contributed by atoms with Gasteiger partial charge in [0, 0.05) is 6.54 Å². The van der Waals surface area contributed by atoms with E-state index in [4.69, 9.17) is 4.74 Å². The van der Waals surface area contributed by atoms with Crippen molar-refractivity contribution in [1.82, 2.24) is 4.90 Å². The molecule has 1 aliphatic heterocycles. The van der Waals surface area contributed by atoms with Gasteiger partial charge in [-0.25, -0.2) is 0 Å². The lowest BCUT2D eigenvalue weighted by Crippen LogP contribution is -2.45. The summed E-state index contributed by atoms with van der Waals surface area (Å²) in [4.78, 5) is 13.1. The van der Waals surface area contributed by atoms with Gasteiger partial charge >= 0.3 is 5.97 Å². The number of β-amino-alcohol motifs (C(OH)–C–C–N with tert-alkyl or cyclic N) is 1. The van der Waals surface area contributed by atoms with Crippen LogP contribution in [0.2, 0.25) is 0 Å². The monoisotopic (exact) mass is 259 g/mol. The number of aliphatic carboxylic acids is 1. The Morgan fingerprint density at radius 2 is 2.11 bits per heavy atom. The maximum atomic E-state index is 11.2. The van der Waals surface area contributed by atoms with E-state index in [1.807, 2.05) is 18.7 Å². The summed E-state index contributed by atoms with van der Waals surface area (Å²) >= 11 is 0. The summed E-state index contributed by atoms with van der Waals surface area (Å²) in [6.07, 6.45) is 3.16. The molecule has 0 aliphatic carbocycles. The van der Waals surface area contributed by atoms with Gasteiger partial charge in [-0.15, -0.1) is 0 Å². The number of likely N-dealkylation sites (tertiary alicyclic amines) is 1. The van der Waals surface area contributed by atoms with E-state index in [2.05, 4.69) is 0 Å². The number of aliphatic hydroxyl groups is 1. The molecule has 1 fully saturated rings. The average molecular weight is 259 g/mol. The van der Waals surface area contributed by atoms with Crippen LogP contribution in [0.3, 0.4) is 0 Å². The molecule has 1 heterocycles. The maximum Gasteiger partial charge on any atom is 0.320 e. The highest BCUT2D eigenvalue weighted by molar-refractivity contribution is 5.73. The molecule has 0 spiro atoms. The standard InChI is InChI=1S/C13H25NO4/c1-10(2)18-9-11(15)8-14-7-5-3-4-6-12(14)13(16)17/h10-12,15H,3-9H2,1-2H3,(H,16,17). The van der Waals surface area contributed by atoms with Gasteiger partial charge < -0.3 is 14.9 Å². The normalized spacial score (nSPS) is 23.9. The first-order chi connectivity index (χ1) is 8.50. The molecular formula is C13H25NO4. The second-order valence-electron chi connectivity index (χ2n) is 5.23. The van der Waals surface area contributed by atoms with Gasteiger partial charge in [0.1, 0.15) is 6.04 Å². The zero-order chi connectivity index (χ0) is 13.5. The Labute approximate surface area is 109 Å². The van der Waals surface area contributed by atoms with Gasteiger partial charge in [0.2, 0.25) is 0 Å². The molecule has 1 aliphatic rings. The Balaban J connectivity index is 2.47. The zero-order valence-electron chi connectivity index (χ0n) is 11.3. The van der Waals surface area contributed by atoms with Gasteiger partial charge in [-0.3, -0.25) is 9.69 Å². The summed E-state index contributed by atoms with van der Waals surface area (Å²) in [5.41, 5.74) is 0. The number of carboxylic acids is 1. The minimum atomic E-state index is -0.783. The molecule has 1 saturated heterocycles. The fourth-order valence-corrected chi connectivity index (χ4v) is 2.29. The number of hydrogen-bond donors (Lipinski definition) is 2. The van der Waals surface area contributed by atoms with Crippen LogP contribution in [0.1, 0.15) is 39.5 Å². The van der Waals surface area contributed by atoms with Crippen molar-refractivity contribution in [3.63, 3.8) is 0 Å². The minimum Gasteiger partial charge on any atom is -0.480 e. The van der Waals surface area contributed by atoms with Crippen molar-refractivity contribution in [2.24, 2.45) is 0 Å². The van der Waals surface area contributed by atoms with Crippen LogP contribution >= 0.6 is 0 Å². The van der Waals surface area contributed by atoms with Crippen molar-refractivity contribution in [2.45, 2.75) is 57.8 Å². The van der Waals surface area contributed by atoms with Crippen molar-refractivity contribution >= 4 is 5.97 Å². The van der Waals surface area contributed by atoms with Crippen LogP contribution in [0.4, 0.5) is 0 Å². The fourth-order valence-electron chi connectivity index (χ4n) is 2.29. The molecule has 106 valence electrons. The first-order valence-corrected chi connectivity index (χ1v) is 6.77. The van der Waals surface area contributed by atoms with Crippen molar-refractivity contribution in [3.8, 4) is 0 Å². The third-order valence-corrected chi connectivity index (χ3v) is 3.22. The van der Waals surface area contributed by atoms with Gasteiger partial charge in [0.05, 0.1) is 18.8 Å². The predicted molar refractivity (Wildman–Crippen MR) is 68.6 cm³/mol. The Morgan fingerprint density at radius 1 is 1.39 bits per heavy atom. The largest absolute Gasteiger partial charge is 0.480 e. The quantitative estimate of drug-likeness (QED) is 0.747. The number of carboxylic acid groups (broad SMARTS) is 1. The highest BCUT2D eigenvalue weighted by Gasteiger charge is 2.28. The summed E-state index contributed by atoms with van der Waals surface area (Å²) < 4.78 is 5.35. The minimum absolute atomic E-state index is 0.0825. The lowest BCUT2D eigenvalue weighted by molar-refractivity contribution is -0.144. The number of ether oxygens (including phenoxy) is 1. The van der Waals surface area contributed by atoms with E-state index in [0.717, 1.165) is 25.8 Å². The molecule has 0 radical (unpaired) electrons. The number of carbonyl (C=O) groups is 1. The first-order valence-electron chi connectivity index (χ1n) is 6.77. The molecule has 2 atom stereocenters. The van der Waals surface area contributed by atoms with Crippen LogP contribution < -0.4 is 0 Å². The van der Waals surface area contributed by atoms with Crippen LogP contribution in [-0.2, 0) is 9.53 Å². The van der Waals surface area contributed by atoms with Gasteiger partial charge in [-0.2, -0.15) is 0 Å². The van der Waals surface area contributed by atoms with Gasteiger partial charge in [-0.1, -0.05) is 12.8 Å². The smallest absolute Gasteiger partial charge is 0.320 e. The van der Waals surface area contributed by atoms with Crippen LogP contribution in [-0.4, -0.2) is 59.0 Å². The van der Waals surface area contributed by atoms with Gasteiger partial charge in [0.15, 0.2) is 0 Å². The molecule has 0 aromatic rings. The molecule has 0 aromatic carbocycles. The number of aliphatic hydroxyl groups excluding tert-OH is 1. The Kier molecular flexibility index (Phi) is 6.60. The molecule has 2 unspecified atom stereocenters. The zero-order valence-corrected chi connectivity index (χ0v) is 11.3. The SMILES string of the molecule is CC(C)OCC(O)CN1CCCCCC1C(=O)O. The molecule has 0 aromatic heterocycles. The third kappa shape index (κ3) is 5.33. The van der Waals surface area contributed by atoms with Crippen molar-refractivity contribution in [3.05, 3.63) is 0 Å². The second-order valence-corrected chi connectivity index (χ2v) is 5.23. The summed E-state index contributed by atoms with van der Waals surface area (Å²) in [6, 6.07) is -0.457. The average Bonchev–Trinajstić information content (AvgIpc) is 2.51. The lowest BCUT2D eigenvalue weighted by Gasteiger charge is -2.28. The lowest BCUT2D eigenvalue weighted by atomic mass is 10.1. The van der Waals surface area contributed by atoms with E-state index in [-0.39, 0.29) is 12.7 Å². The Hall–Kier alpha value is -0.650. The molecule has 18 heavy (non-hydrogen) atoms. The van der Waals surface area contributed by atoms with E-state index in [9.17, 15) is 15.0 Å². The van der Waals surface area contributed by atoms with E-state index >= 15 is 0 Å². The molecule has 2 N–H and O–H groups in total. The number of rotatable bonds is 6. The fraction of sp³-hybridized carbons (Fsp3) is 0.923. The van der Waals surface area contributed by atoms with E-state index in [0.29, 0.717) is 13.0 Å². The Bertz CT molecular complexity index is 257. The van der Waals surface area contributed by atoms with E-state index < -0.39 is 18.1 Å². The number of nitrogens with zero attached hydrogens (tertiary/aromatic N) is 1. The molecule has 5 nitrogen and oxygen atoms in total. The van der Waals surface area contributed by atoms with Crippen LogP contribution in [0.15, 0.2) is 0 Å². The second kappa shape index (κ2) is 7.71. The van der Waals surface area contributed by atoms with Crippen molar-refractivity contribution in [1.29, 1.82) is 0 Å². The van der Waals surface area contributed by atoms with Crippen LogP contribution in [0, 0.1) is 0 Å². The van der Waals surface area contributed by atoms with Crippen LogP contribution in [0.5, 0.6) is 0 Å². The van der Waals surface area contributed by atoms with Gasteiger partial charge in [0.25, 0.3) is 0 Å². The maximum absolute atomic E-state index is 11.2. The topological polar surface area (TPSA) is 70.0 Å². The molecule has 1 rings (SSSR count). The van der Waals surface area contributed by atoms with Crippen LogP contribution in [0.25, 0.3) is 0 Å². The molecule has 0 amide bonds. The summed E-state index contributed by atoms with van der Waals surface area (Å²) in [6.45, 7) is 5.22. The molecule has 0 bridgehead atoms. The summed E-state index contributed by atoms with van der Waals surface area (Å²) in [5, 5.41) is 19.1. The third-order valence-electron chi connectivity index (χ3n) is 3.22.